The molecule has 0 aliphatic heterocycles. The molecule has 0 aromatic rings. The van der Waals surface area contributed by atoms with Gasteiger partial charge >= 0.3 is 10.4 Å². The summed E-state index contributed by atoms with van der Waals surface area (Å²) in [6.45, 7) is 3.16. The van der Waals surface area contributed by atoms with Crippen molar-refractivity contribution < 1.29 is 17.2 Å². The molecule has 0 atom stereocenters. The van der Waals surface area contributed by atoms with Crippen molar-refractivity contribution in [3.05, 3.63) is 0 Å². The van der Waals surface area contributed by atoms with Crippen LogP contribution in [0.1, 0.15) is 110 Å². The summed E-state index contributed by atoms with van der Waals surface area (Å²) in [6.07, 6.45) is 22.9. The van der Waals surface area contributed by atoms with Gasteiger partial charge in [0.15, 0.2) is 0 Å². The molecule has 7 heteroatoms. The first kappa shape index (κ1) is 33.4. The van der Waals surface area contributed by atoms with E-state index in [0.717, 1.165) is 13.7 Å². The lowest BCUT2D eigenvalue weighted by Gasteiger charge is -2.03. The minimum absolute atomic E-state index is 0.870. The van der Waals surface area contributed by atoms with Gasteiger partial charge in [-0.25, -0.2) is 0 Å². The Morgan fingerprint density at radius 1 is 0.690 bits per heavy atom. The third-order valence-electron chi connectivity index (χ3n) is 4.27. The molecule has 0 unspecified atom stereocenters. The lowest BCUT2D eigenvalue weighted by molar-refractivity contribution is 0.324. The summed E-state index contributed by atoms with van der Waals surface area (Å²) in [7, 11) is 2.71. The molecule has 0 rings (SSSR count). The molecule has 0 spiro atoms. The van der Waals surface area contributed by atoms with Gasteiger partial charge in [-0.15, -0.1) is 0 Å². The molecule has 0 saturated heterocycles. The molecule has 29 heavy (non-hydrogen) atoms. The first-order valence-electron chi connectivity index (χ1n) is 11.5. The van der Waals surface area contributed by atoms with Crippen LogP contribution < -0.4 is 5.73 Å². The highest BCUT2D eigenvalue weighted by molar-refractivity contribution is 7.80. The first-order chi connectivity index (χ1) is 13.7. The van der Waals surface area contributed by atoms with E-state index in [0.29, 0.717) is 0 Å². The van der Waals surface area contributed by atoms with Crippen LogP contribution in [0.2, 0.25) is 0 Å². The van der Waals surface area contributed by atoms with Gasteiger partial charge in [0.2, 0.25) is 0 Å². The van der Waals surface area contributed by atoms with E-state index >= 15 is 0 Å². The second-order valence-corrected chi connectivity index (χ2v) is 9.22. The number of nitrogens with zero attached hydrogens (tertiary/aromatic N) is 1. The molecule has 0 aromatic carbocycles. The van der Waals surface area contributed by atoms with Crippen LogP contribution in [0.5, 0.6) is 0 Å². The van der Waals surface area contributed by atoms with Crippen LogP contribution in [0, 0.1) is 0 Å². The van der Waals surface area contributed by atoms with Crippen molar-refractivity contribution >= 4 is 10.4 Å². The molecule has 0 aliphatic carbocycles. The van der Waals surface area contributed by atoms with Crippen LogP contribution in [-0.4, -0.2) is 52.7 Å². The van der Waals surface area contributed by atoms with Crippen molar-refractivity contribution in [3.8, 4) is 0 Å². The lowest BCUT2D eigenvalue weighted by Crippen LogP contribution is -1.99. The van der Waals surface area contributed by atoms with Gasteiger partial charge in [0.1, 0.15) is 0 Å². The van der Waals surface area contributed by atoms with Crippen molar-refractivity contribution in [3.63, 3.8) is 0 Å². The van der Waals surface area contributed by atoms with Gasteiger partial charge in [-0.05, 0) is 34.1 Å². The lowest BCUT2D eigenvalue weighted by atomic mass is 10.0. The van der Waals surface area contributed by atoms with Crippen molar-refractivity contribution in [2.75, 3.05) is 34.8 Å². The Labute approximate surface area is 182 Å². The molecular formula is C22H52N2O4S. The molecule has 0 radical (unpaired) electrons. The minimum atomic E-state index is -4.16. The zero-order valence-electron chi connectivity index (χ0n) is 20.1. The SMILES string of the molecule is CCCCCCCCCCCCCCCCCCN.CN(C)C.COS(=O)(=O)O. The summed E-state index contributed by atoms with van der Waals surface area (Å²) in [4.78, 5) is 2.00. The summed E-state index contributed by atoms with van der Waals surface area (Å²) in [6, 6.07) is 0. The maximum atomic E-state index is 9.33. The number of unbranched alkanes of at least 4 members (excludes halogenated alkanes) is 15. The van der Waals surface area contributed by atoms with E-state index in [-0.39, 0.29) is 0 Å². The average Bonchev–Trinajstić information content (AvgIpc) is 2.64. The fourth-order valence-electron chi connectivity index (χ4n) is 2.69. The van der Waals surface area contributed by atoms with E-state index < -0.39 is 10.4 Å². The quantitative estimate of drug-likeness (QED) is 0.219. The maximum absolute atomic E-state index is 9.33. The van der Waals surface area contributed by atoms with Gasteiger partial charge in [0.25, 0.3) is 0 Å². The summed E-state index contributed by atoms with van der Waals surface area (Å²) >= 11 is 0. The van der Waals surface area contributed by atoms with Crippen LogP contribution in [0.3, 0.4) is 0 Å². The number of hydrogen-bond donors (Lipinski definition) is 2. The van der Waals surface area contributed by atoms with Crippen LogP contribution in [0.15, 0.2) is 0 Å². The third-order valence-corrected chi connectivity index (χ3v) is 4.69. The third kappa shape index (κ3) is 52.4. The van der Waals surface area contributed by atoms with E-state index in [1.54, 1.807) is 0 Å². The normalized spacial score (nSPS) is 10.9. The Bertz CT molecular complexity index is 358. The van der Waals surface area contributed by atoms with Crippen LogP contribution >= 0.6 is 0 Å². The molecule has 3 N–H and O–H groups in total. The molecule has 0 heterocycles. The van der Waals surface area contributed by atoms with Crippen LogP contribution in [0.4, 0.5) is 0 Å². The minimum Gasteiger partial charge on any atom is -0.330 e. The summed E-state index contributed by atoms with van der Waals surface area (Å²) in [5.74, 6) is 0. The molecule has 0 fully saturated rings. The Morgan fingerprint density at radius 3 is 1.07 bits per heavy atom. The van der Waals surface area contributed by atoms with Gasteiger partial charge in [0, 0.05) is 0 Å². The number of nitrogens with two attached hydrogens (primary N) is 1. The topological polar surface area (TPSA) is 92.9 Å². The van der Waals surface area contributed by atoms with Crippen molar-refractivity contribution in [1.82, 2.24) is 4.90 Å². The zero-order valence-corrected chi connectivity index (χ0v) is 20.9. The Kier molecular flexibility index (Phi) is 32.0. The predicted octanol–water partition coefficient (Wildman–Crippen LogP) is 5.82. The van der Waals surface area contributed by atoms with E-state index in [1.165, 1.54) is 103 Å². The second kappa shape index (κ2) is 27.8. The van der Waals surface area contributed by atoms with Crippen molar-refractivity contribution in [1.29, 1.82) is 0 Å². The Morgan fingerprint density at radius 2 is 0.897 bits per heavy atom. The molecule has 0 saturated carbocycles. The van der Waals surface area contributed by atoms with Crippen LogP contribution in [0.25, 0.3) is 0 Å². The van der Waals surface area contributed by atoms with Gasteiger partial charge < -0.3 is 10.6 Å². The summed E-state index contributed by atoms with van der Waals surface area (Å²) in [5.41, 5.74) is 5.48. The van der Waals surface area contributed by atoms with Gasteiger partial charge in [0.05, 0.1) is 7.11 Å². The van der Waals surface area contributed by atoms with E-state index in [9.17, 15) is 8.42 Å². The molecule has 0 aromatic heterocycles. The Hall–Kier alpha value is -0.210. The highest BCUT2D eigenvalue weighted by Crippen LogP contribution is 2.13. The smallest absolute Gasteiger partial charge is 0.330 e. The number of rotatable bonds is 17. The van der Waals surface area contributed by atoms with Crippen molar-refractivity contribution in [2.45, 2.75) is 110 Å². The molecule has 0 aliphatic rings. The highest BCUT2D eigenvalue weighted by atomic mass is 32.3. The fraction of sp³-hybridized carbons (Fsp3) is 1.00. The summed E-state index contributed by atoms with van der Waals surface area (Å²) in [5, 5.41) is 0. The van der Waals surface area contributed by atoms with E-state index in [4.69, 9.17) is 10.3 Å². The maximum Gasteiger partial charge on any atom is 0.397 e. The van der Waals surface area contributed by atoms with E-state index in [1.807, 2.05) is 26.0 Å². The molecule has 0 bridgehead atoms. The largest absolute Gasteiger partial charge is 0.397 e. The standard InChI is InChI=1S/C18H39N.C3H9N.CH4O4S/c1-2-3-4-5-6-7-8-9-10-11-12-13-14-15-16-17-18-19;1-4(2)3;1-5-6(2,3)4/h2-19H2,1H3;1-3H3;1H3,(H,2,3,4). The predicted molar refractivity (Wildman–Crippen MR) is 127 cm³/mol. The Balaban J connectivity index is -0.000000556. The fourth-order valence-corrected chi connectivity index (χ4v) is 2.69. The molecular weight excluding hydrogens is 388 g/mol. The molecule has 180 valence electrons. The average molecular weight is 441 g/mol. The molecule has 0 amide bonds. The molecule has 6 nitrogen and oxygen atoms in total. The van der Waals surface area contributed by atoms with Gasteiger partial charge in [-0.1, -0.05) is 103 Å². The van der Waals surface area contributed by atoms with Crippen LogP contribution in [-0.2, 0) is 14.6 Å². The monoisotopic (exact) mass is 440 g/mol. The van der Waals surface area contributed by atoms with Crippen molar-refractivity contribution in [2.24, 2.45) is 5.73 Å². The van der Waals surface area contributed by atoms with Gasteiger partial charge in [-0.2, -0.15) is 8.42 Å². The second-order valence-electron chi connectivity index (χ2n) is 8.03. The highest BCUT2D eigenvalue weighted by Gasteiger charge is 1.94. The zero-order chi connectivity index (χ0) is 22.8. The van der Waals surface area contributed by atoms with E-state index in [2.05, 4.69) is 11.1 Å². The van der Waals surface area contributed by atoms with Gasteiger partial charge in [-0.3, -0.25) is 8.74 Å². The summed E-state index contributed by atoms with van der Waals surface area (Å²) < 4.78 is 29.7. The first-order valence-corrected chi connectivity index (χ1v) is 12.9. The number of hydrogen-bond acceptors (Lipinski definition) is 5.